The van der Waals surface area contributed by atoms with Crippen LogP contribution in [0.2, 0.25) is 0 Å². The van der Waals surface area contributed by atoms with Gasteiger partial charge in [-0.05, 0) is 24.1 Å². The van der Waals surface area contributed by atoms with Crippen molar-refractivity contribution in [2.75, 3.05) is 13.2 Å². The summed E-state index contributed by atoms with van der Waals surface area (Å²) in [6.07, 6.45) is -3.79. The van der Waals surface area contributed by atoms with E-state index in [-0.39, 0.29) is 12.6 Å². The highest BCUT2D eigenvalue weighted by Gasteiger charge is 2.28. The van der Waals surface area contributed by atoms with Crippen LogP contribution in [0.4, 0.5) is 13.2 Å². The standard InChI is InChI=1S/C12H16F3NO2/c1-2-11(16)9-3-5-10(6-4-9)17-7-8-18-12(13,14)15/h3-6,11H,2,7-8,16H2,1H3/t11-/m1/s1. The van der Waals surface area contributed by atoms with Crippen LogP contribution in [0.5, 0.6) is 5.75 Å². The Kier molecular flexibility index (Phi) is 5.43. The first-order chi connectivity index (χ1) is 8.42. The highest BCUT2D eigenvalue weighted by Crippen LogP contribution is 2.19. The summed E-state index contributed by atoms with van der Waals surface area (Å²) in [5, 5.41) is 0. The Balaban J connectivity index is 2.35. The maximum absolute atomic E-state index is 11.7. The van der Waals surface area contributed by atoms with E-state index >= 15 is 0 Å². The van der Waals surface area contributed by atoms with Gasteiger partial charge in [-0.1, -0.05) is 19.1 Å². The molecule has 0 aliphatic heterocycles. The fourth-order valence-corrected chi connectivity index (χ4v) is 1.36. The summed E-state index contributed by atoms with van der Waals surface area (Å²) in [5.74, 6) is 0.493. The SMILES string of the molecule is CC[C@@H](N)c1ccc(OCCOC(F)(F)F)cc1. The first kappa shape index (κ1) is 14.8. The minimum Gasteiger partial charge on any atom is -0.491 e. The molecule has 18 heavy (non-hydrogen) atoms. The second-order valence-corrected chi connectivity index (χ2v) is 3.73. The number of nitrogens with two attached hydrogens (primary N) is 1. The Morgan fingerprint density at radius 2 is 1.78 bits per heavy atom. The third-order valence-corrected chi connectivity index (χ3v) is 2.37. The predicted octanol–water partition coefficient (Wildman–Crippen LogP) is 3.01. The van der Waals surface area contributed by atoms with E-state index in [9.17, 15) is 13.2 Å². The topological polar surface area (TPSA) is 44.5 Å². The van der Waals surface area contributed by atoms with Gasteiger partial charge in [-0.25, -0.2) is 0 Å². The molecule has 0 bridgehead atoms. The molecule has 102 valence electrons. The Morgan fingerprint density at radius 1 is 1.17 bits per heavy atom. The Labute approximate surface area is 104 Å². The van der Waals surface area contributed by atoms with E-state index in [0.717, 1.165) is 12.0 Å². The van der Waals surface area contributed by atoms with Gasteiger partial charge in [0.05, 0.1) is 6.61 Å². The molecule has 1 rings (SSSR count). The molecule has 0 aromatic heterocycles. The Bertz CT molecular complexity index is 351. The van der Waals surface area contributed by atoms with E-state index in [1.807, 2.05) is 6.92 Å². The number of ether oxygens (including phenoxy) is 2. The summed E-state index contributed by atoms with van der Waals surface area (Å²) in [5.41, 5.74) is 6.80. The molecule has 1 aromatic carbocycles. The highest BCUT2D eigenvalue weighted by atomic mass is 19.4. The molecule has 0 heterocycles. The maximum atomic E-state index is 11.7. The van der Waals surface area contributed by atoms with Crippen LogP contribution >= 0.6 is 0 Å². The van der Waals surface area contributed by atoms with Crippen LogP contribution in [0.1, 0.15) is 24.9 Å². The normalized spacial score (nSPS) is 13.4. The largest absolute Gasteiger partial charge is 0.522 e. The average molecular weight is 263 g/mol. The predicted molar refractivity (Wildman–Crippen MR) is 61.2 cm³/mol. The number of halogens is 3. The van der Waals surface area contributed by atoms with Gasteiger partial charge in [0.1, 0.15) is 12.4 Å². The number of rotatable bonds is 6. The Morgan fingerprint density at radius 3 is 2.28 bits per heavy atom. The van der Waals surface area contributed by atoms with Gasteiger partial charge in [0.2, 0.25) is 0 Å². The number of hydrogen-bond acceptors (Lipinski definition) is 3. The minimum atomic E-state index is -4.61. The zero-order valence-electron chi connectivity index (χ0n) is 10.0. The zero-order valence-corrected chi connectivity index (χ0v) is 10.0. The lowest BCUT2D eigenvalue weighted by Gasteiger charge is -2.11. The summed E-state index contributed by atoms with van der Waals surface area (Å²) in [6.45, 7) is 1.29. The monoisotopic (exact) mass is 263 g/mol. The van der Waals surface area contributed by atoms with Crippen molar-refractivity contribution in [2.24, 2.45) is 5.73 Å². The second-order valence-electron chi connectivity index (χ2n) is 3.73. The van der Waals surface area contributed by atoms with Gasteiger partial charge < -0.3 is 10.5 Å². The van der Waals surface area contributed by atoms with Gasteiger partial charge in [0.25, 0.3) is 0 Å². The molecular weight excluding hydrogens is 247 g/mol. The molecule has 0 amide bonds. The lowest BCUT2D eigenvalue weighted by Crippen LogP contribution is -2.18. The van der Waals surface area contributed by atoms with Crippen molar-refractivity contribution in [1.29, 1.82) is 0 Å². The lowest BCUT2D eigenvalue weighted by atomic mass is 10.1. The van der Waals surface area contributed by atoms with Crippen LogP contribution in [0.15, 0.2) is 24.3 Å². The van der Waals surface area contributed by atoms with E-state index in [2.05, 4.69) is 4.74 Å². The summed E-state index contributed by atoms with van der Waals surface area (Å²) in [4.78, 5) is 0. The molecule has 0 saturated carbocycles. The number of alkyl halides is 3. The Hall–Kier alpha value is -1.27. The smallest absolute Gasteiger partial charge is 0.491 e. The van der Waals surface area contributed by atoms with E-state index in [1.165, 1.54) is 0 Å². The van der Waals surface area contributed by atoms with Crippen LogP contribution < -0.4 is 10.5 Å². The molecule has 1 atom stereocenters. The van der Waals surface area contributed by atoms with Gasteiger partial charge in [-0.15, -0.1) is 13.2 Å². The molecule has 0 saturated heterocycles. The summed E-state index contributed by atoms with van der Waals surface area (Å²) < 4.78 is 43.7. The summed E-state index contributed by atoms with van der Waals surface area (Å²) in [7, 11) is 0. The molecule has 0 aliphatic rings. The first-order valence-electron chi connectivity index (χ1n) is 5.61. The lowest BCUT2D eigenvalue weighted by molar-refractivity contribution is -0.325. The molecule has 1 aromatic rings. The van der Waals surface area contributed by atoms with Crippen LogP contribution in [0.25, 0.3) is 0 Å². The van der Waals surface area contributed by atoms with Crippen molar-refractivity contribution in [3.8, 4) is 5.75 Å². The van der Waals surface area contributed by atoms with Gasteiger partial charge in [0.15, 0.2) is 0 Å². The summed E-state index contributed by atoms with van der Waals surface area (Å²) >= 11 is 0. The van der Waals surface area contributed by atoms with Gasteiger partial charge in [0, 0.05) is 6.04 Å². The van der Waals surface area contributed by atoms with Gasteiger partial charge >= 0.3 is 6.36 Å². The van der Waals surface area contributed by atoms with E-state index in [0.29, 0.717) is 5.75 Å². The molecule has 0 unspecified atom stereocenters. The zero-order chi connectivity index (χ0) is 13.6. The van der Waals surface area contributed by atoms with Crippen LogP contribution in [0, 0.1) is 0 Å². The van der Waals surface area contributed by atoms with Crippen LogP contribution in [-0.4, -0.2) is 19.6 Å². The highest BCUT2D eigenvalue weighted by molar-refractivity contribution is 5.28. The maximum Gasteiger partial charge on any atom is 0.522 e. The molecule has 3 nitrogen and oxygen atoms in total. The minimum absolute atomic E-state index is 0.0346. The average Bonchev–Trinajstić information content (AvgIpc) is 2.33. The van der Waals surface area contributed by atoms with Crippen molar-refractivity contribution < 1.29 is 22.6 Å². The molecule has 0 fully saturated rings. The molecule has 2 N–H and O–H groups in total. The quantitative estimate of drug-likeness (QED) is 0.802. The van der Waals surface area contributed by atoms with E-state index in [1.54, 1.807) is 24.3 Å². The molecule has 0 spiro atoms. The second kappa shape index (κ2) is 6.61. The summed E-state index contributed by atoms with van der Waals surface area (Å²) in [6, 6.07) is 6.92. The fourth-order valence-electron chi connectivity index (χ4n) is 1.36. The van der Waals surface area contributed by atoms with Crippen molar-refractivity contribution >= 4 is 0 Å². The fraction of sp³-hybridized carbons (Fsp3) is 0.500. The first-order valence-corrected chi connectivity index (χ1v) is 5.61. The van der Waals surface area contributed by atoms with Crippen LogP contribution in [0.3, 0.4) is 0 Å². The van der Waals surface area contributed by atoms with E-state index < -0.39 is 13.0 Å². The molecule has 6 heteroatoms. The number of benzene rings is 1. The van der Waals surface area contributed by atoms with Crippen molar-refractivity contribution in [2.45, 2.75) is 25.7 Å². The van der Waals surface area contributed by atoms with Crippen molar-refractivity contribution in [1.82, 2.24) is 0 Å². The van der Waals surface area contributed by atoms with Crippen molar-refractivity contribution in [3.63, 3.8) is 0 Å². The van der Waals surface area contributed by atoms with E-state index in [4.69, 9.17) is 10.5 Å². The molecule has 0 radical (unpaired) electrons. The third-order valence-electron chi connectivity index (χ3n) is 2.37. The third kappa shape index (κ3) is 5.37. The molecule has 0 aliphatic carbocycles. The van der Waals surface area contributed by atoms with Crippen molar-refractivity contribution in [3.05, 3.63) is 29.8 Å². The van der Waals surface area contributed by atoms with Gasteiger partial charge in [-0.3, -0.25) is 4.74 Å². The number of hydrogen-bond donors (Lipinski definition) is 1. The molecular formula is C12H16F3NO2. The van der Waals surface area contributed by atoms with Gasteiger partial charge in [-0.2, -0.15) is 0 Å². The van der Waals surface area contributed by atoms with Crippen LogP contribution in [-0.2, 0) is 4.74 Å².